The first-order valence-corrected chi connectivity index (χ1v) is 8.45. The van der Waals surface area contributed by atoms with Gasteiger partial charge in [0.2, 0.25) is 5.91 Å². The molecule has 0 aromatic rings. The summed E-state index contributed by atoms with van der Waals surface area (Å²) in [6.07, 6.45) is 5.58. The molecular weight excluding hydrogens is 250 g/mol. The zero-order chi connectivity index (χ0) is 14.4. The molecule has 2 aliphatic heterocycles. The standard InChI is InChI=1S/C16H31N3O/c1-3-16(20)17-15-7-11-19(12-8-15)13-14-5-9-18(4-2)10-6-14/h14-15H,3-13H2,1-2H3,(H,17,20). The summed E-state index contributed by atoms with van der Waals surface area (Å²) < 4.78 is 0. The predicted molar refractivity (Wildman–Crippen MR) is 82.7 cm³/mol. The Morgan fingerprint density at radius 2 is 1.60 bits per heavy atom. The zero-order valence-electron chi connectivity index (χ0n) is 13.2. The number of hydrogen-bond donors (Lipinski definition) is 1. The van der Waals surface area contributed by atoms with Crippen molar-refractivity contribution in [2.75, 3.05) is 39.3 Å². The Balaban J connectivity index is 1.63. The quantitative estimate of drug-likeness (QED) is 0.833. The molecule has 1 amide bonds. The number of nitrogens with one attached hydrogen (secondary N) is 1. The Bertz CT molecular complexity index is 292. The van der Waals surface area contributed by atoms with E-state index in [9.17, 15) is 4.79 Å². The first-order valence-electron chi connectivity index (χ1n) is 8.45. The molecular formula is C16H31N3O. The van der Waals surface area contributed by atoms with Gasteiger partial charge in [0.05, 0.1) is 0 Å². The van der Waals surface area contributed by atoms with Crippen LogP contribution in [0.25, 0.3) is 0 Å². The minimum absolute atomic E-state index is 0.204. The average molecular weight is 281 g/mol. The minimum Gasteiger partial charge on any atom is -0.353 e. The minimum atomic E-state index is 0.204. The van der Waals surface area contributed by atoms with Crippen LogP contribution in [0.4, 0.5) is 0 Å². The van der Waals surface area contributed by atoms with Gasteiger partial charge in [0.15, 0.2) is 0 Å². The normalized spacial score (nSPS) is 23.9. The highest BCUT2D eigenvalue weighted by Gasteiger charge is 2.24. The molecule has 2 fully saturated rings. The number of piperidine rings is 2. The Hall–Kier alpha value is -0.610. The van der Waals surface area contributed by atoms with Gasteiger partial charge in [-0.15, -0.1) is 0 Å². The highest BCUT2D eigenvalue weighted by molar-refractivity contribution is 5.75. The van der Waals surface area contributed by atoms with Gasteiger partial charge in [0.25, 0.3) is 0 Å². The van der Waals surface area contributed by atoms with Crippen LogP contribution in [0.5, 0.6) is 0 Å². The molecule has 0 aliphatic carbocycles. The van der Waals surface area contributed by atoms with Crippen molar-refractivity contribution >= 4 is 5.91 Å². The summed E-state index contributed by atoms with van der Waals surface area (Å²) in [6, 6.07) is 0.417. The number of carbonyl (C=O) groups is 1. The number of nitrogens with zero attached hydrogens (tertiary/aromatic N) is 2. The summed E-state index contributed by atoms with van der Waals surface area (Å²) in [4.78, 5) is 16.6. The lowest BCUT2D eigenvalue weighted by atomic mass is 9.94. The van der Waals surface area contributed by atoms with E-state index in [1.54, 1.807) is 0 Å². The van der Waals surface area contributed by atoms with Gasteiger partial charge in [-0.3, -0.25) is 4.79 Å². The lowest BCUT2D eigenvalue weighted by Gasteiger charge is -2.37. The van der Waals surface area contributed by atoms with E-state index < -0.39 is 0 Å². The third-order valence-electron chi connectivity index (χ3n) is 4.94. The van der Waals surface area contributed by atoms with Crippen LogP contribution in [0.3, 0.4) is 0 Å². The van der Waals surface area contributed by atoms with E-state index in [2.05, 4.69) is 22.0 Å². The van der Waals surface area contributed by atoms with Crippen molar-refractivity contribution in [2.45, 2.75) is 52.0 Å². The van der Waals surface area contributed by atoms with Crippen molar-refractivity contribution in [2.24, 2.45) is 5.92 Å². The zero-order valence-corrected chi connectivity index (χ0v) is 13.2. The van der Waals surface area contributed by atoms with Crippen LogP contribution in [-0.4, -0.2) is 61.0 Å². The molecule has 0 bridgehead atoms. The molecule has 1 N–H and O–H groups in total. The van der Waals surface area contributed by atoms with E-state index in [4.69, 9.17) is 0 Å². The smallest absolute Gasteiger partial charge is 0.219 e. The summed E-state index contributed by atoms with van der Waals surface area (Å²) in [5, 5.41) is 3.13. The van der Waals surface area contributed by atoms with Gasteiger partial charge in [0, 0.05) is 32.1 Å². The monoisotopic (exact) mass is 281 g/mol. The fourth-order valence-electron chi connectivity index (χ4n) is 3.44. The molecule has 2 aliphatic rings. The van der Waals surface area contributed by atoms with E-state index in [0.29, 0.717) is 12.5 Å². The van der Waals surface area contributed by atoms with Gasteiger partial charge in [-0.2, -0.15) is 0 Å². The van der Waals surface area contributed by atoms with Crippen LogP contribution in [0, 0.1) is 5.92 Å². The summed E-state index contributed by atoms with van der Waals surface area (Å²) in [5.41, 5.74) is 0. The molecule has 0 radical (unpaired) electrons. The van der Waals surface area contributed by atoms with Crippen molar-refractivity contribution in [1.29, 1.82) is 0 Å². The van der Waals surface area contributed by atoms with Crippen molar-refractivity contribution in [3.8, 4) is 0 Å². The summed E-state index contributed by atoms with van der Waals surface area (Å²) in [6.45, 7) is 11.5. The van der Waals surface area contributed by atoms with Crippen LogP contribution in [0.15, 0.2) is 0 Å². The number of carbonyl (C=O) groups excluding carboxylic acids is 1. The molecule has 2 rings (SSSR count). The topological polar surface area (TPSA) is 35.6 Å². The molecule has 0 atom stereocenters. The van der Waals surface area contributed by atoms with Crippen LogP contribution < -0.4 is 5.32 Å². The summed E-state index contributed by atoms with van der Waals surface area (Å²) in [7, 11) is 0. The lowest BCUT2D eigenvalue weighted by molar-refractivity contribution is -0.121. The number of hydrogen-bond acceptors (Lipinski definition) is 3. The van der Waals surface area contributed by atoms with Gasteiger partial charge >= 0.3 is 0 Å². The third kappa shape index (κ3) is 4.74. The van der Waals surface area contributed by atoms with Crippen LogP contribution in [0.1, 0.15) is 46.0 Å². The third-order valence-corrected chi connectivity index (χ3v) is 4.94. The maximum Gasteiger partial charge on any atom is 0.219 e. The Labute approximate surface area is 123 Å². The predicted octanol–water partition coefficient (Wildman–Crippen LogP) is 1.71. The fraction of sp³-hybridized carbons (Fsp3) is 0.938. The first kappa shape index (κ1) is 15.8. The second kappa shape index (κ2) is 7.99. The molecule has 2 saturated heterocycles. The van der Waals surface area contributed by atoms with Crippen molar-refractivity contribution in [1.82, 2.24) is 15.1 Å². The second-order valence-electron chi connectivity index (χ2n) is 6.37. The van der Waals surface area contributed by atoms with Gasteiger partial charge in [-0.25, -0.2) is 0 Å². The molecule has 0 unspecified atom stereocenters. The highest BCUT2D eigenvalue weighted by atomic mass is 16.1. The molecule has 4 nitrogen and oxygen atoms in total. The molecule has 116 valence electrons. The lowest BCUT2D eigenvalue weighted by Crippen LogP contribution is -2.46. The van der Waals surface area contributed by atoms with Gasteiger partial charge < -0.3 is 15.1 Å². The Morgan fingerprint density at radius 3 is 2.15 bits per heavy atom. The molecule has 2 heterocycles. The molecule has 4 heteroatoms. The number of likely N-dealkylation sites (tertiary alicyclic amines) is 2. The van der Waals surface area contributed by atoms with E-state index >= 15 is 0 Å². The average Bonchev–Trinajstić information content (AvgIpc) is 2.50. The maximum absolute atomic E-state index is 11.4. The SMILES string of the molecule is CCC(=O)NC1CCN(CC2CCN(CC)CC2)CC1. The van der Waals surface area contributed by atoms with E-state index in [0.717, 1.165) is 31.8 Å². The van der Waals surface area contributed by atoms with Crippen molar-refractivity contribution < 1.29 is 4.79 Å². The fourth-order valence-corrected chi connectivity index (χ4v) is 3.44. The maximum atomic E-state index is 11.4. The molecule has 0 aromatic heterocycles. The van der Waals surface area contributed by atoms with Gasteiger partial charge in [-0.1, -0.05) is 13.8 Å². The summed E-state index contributed by atoms with van der Waals surface area (Å²) in [5.74, 6) is 1.09. The number of rotatable bonds is 5. The highest BCUT2D eigenvalue weighted by Crippen LogP contribution is 2.20. The van der Waals surface area contributed by atoms with Crippen molar-refractivity contribution in [3.05, 3.63) is 0 Å². The first-order chi connectivity index (χ1) is 9.71. The number of amides is 1. The van der Waals surface area contributed by atoms with Crippen LogP contribution >= 0.6 is 0 Å². The molecule has 0 saturated carbocycles. The Morgan fingerprint density at radius 1 is 1.00 bits per heavy atom. The van der Waals surface area contributed by atoms with E-state index in [-0.39, 0.29) is 5.91 Å². The van der Waals surface area contributed by atoms with Crippen LogP contribution in [0.2, 0.25) is 0 Å². The van der Waals surface area contributed by atoms with Gasteiger partial charge in [-0.05, 0) is 51.2 Å². The van der Waals surface area contributed by atoms with Crippen molar-refractivity contribution in [3.63, 3.8) is 0 Å². The van der Waals surface area contributed by atoms with E-state index in [1.165, 1.54) is 39.0 Å². The largest absolute Gasteiger partial charge is 0.353 e. The van der Waals surface area contributed by atoms with Gasteiger partial charge in [0.1, 0.15) is 0 Å². The molecule has 20 heavy (non-hydrogen) atoms. The second-order valence-corrected chi connectivity index (χ2v) is 6.37. The molecule has 0 spiro atoms. The summed E-state index contributed by atoms with van der Waals surface area (Å²) >= 11 is 0. The Kier molecular flexibility index (Phi) is 6.30. The van der Waals surface area contributed by atoms with Crippen LogP contribution in [-0.2, 0) is 4.79 Å². The van der Waals surface area contributed by atoms with E-state index in [1.807, 2.05) is 6.92 Å². The molecule has 0 aromatic carbocycles.